The summed E-state index contributed by atoms with van der Waals surface area (Å²) < 4.78 is 0. The third-order valence-corrected chi connectivity index (χ3v) is 4.94. The highest BCUT2D eigenvalue weighted by Crippen LogP contribution is 2.51. The molecule has 2 nitrogen and oxygen atoms in total. The average molecular weight is 192 g/mol. The fraction of sp³-hybridized carbons (Fsp3) is 0.889. The Morgan fingerprint density at radius 1 is 1.33 bits per heavy atom. The van der Waals surface area contributed by atoms with E-state index in [0.29, 0.717) is 0 Å². The van der Waals surface area contributed by atoms with Crippen molar-refractivity contribution in [2.75, 3.05) is 20.0 Å². The summed E-state index contributed by atoms with van der Waals surface area (Å²) in [5.74, 6) is -0.995. The molecule has 0 aliphatic heterocycles. The number of carboxylic acid groups (broad SMARTS) is 1. The first-order valence-electron chi connectivity index (χ1n) is 4.22. The smallest absolute Gasteiger partial charge is 0.0633 e. The predicted octanol–water partition coefficient (Wildman–Crippen LogP) is 1.45. The van der Waals surface area contributed by atoms with Gasteiger partial charge in [0.1, 0.15) is 0 Å². The van der Waals surface area contributed by atoms with Crippen LogP contribution in [0.2, 0.25) is 0 Å². The van der Waals surface area contributed by atoms with Crippen LogP contribution in [0.25, 0.3) is 0 Å². The molecule has 0 aliphatic carbocycles. The van der Waals surface area contributed by atoms with E-state index in [0.717, 1.165) is 5.66 Å². The van der Waals surface area contributed by atoms with Gasteiger partial charge in [0, 0.05) is 33.2 Å². The van der Waals surface area contributed by atoms with Gasteiger partial charge in [0.15, 0.2) is 0 Å². The normalized spacial score (nSPS) is 10.6. The average Bonchev–Trinajstić information content (AvgIpc) is 1.87. The van der Waals surface area contributed by atoms with E-state index in [1.54, 1.807) is 0 Å². The lowest BCUT2D eigenvalue weighted by molar-refractivity contribution is -0.305. The molecule has 0 saturated carbocycles. The first-order valence-corrected chi connectivity index (χ1v) is 7.42. The summed E-state index contributed by atoms with van der Waals surface area (Å²) in [7, 11) is -0.488. The Kier molecular flexibility index (Phi) is 7.72. The summed E-state index contributed by atoms with van der Waals surface area (Å²) in [6.07, 6.45) is 0.111. The largest absolute Gasteiger partial charge is 0.550 e. The first-order chi connectivity index (χ1) is 5.21. The molecule has 0 aliphatic rings. The molecule has 0 aromatic carbocycles. The highest BCUT2D eigenvalue weighted by Gasteiger charge is 2.21. The lowest BCUT2D eigenvalue weighted by Gasteiger charge is -2.15. The van der Waals surface area contributed by atoms with Gasteiger partial charge < -0.3 is 9.90 Å². The fourth-order valence-electron chi connectivity index (χ4n) is 0. The molecular weight excluding hydrogens is 171 g/mol. The van der Waals surface area contributed by atoms with Gasteiger partial charge >= 0.3 is 0 Å². The number of hydrogen-bond acceptors (Lipinski definition) is 2. The van der Waals surface area contributed by atoms with Crippen LogP contribution in [0.15, 0.2) is 0 Å². The van der Waals surface area contributed by atoms with Crippen LogP contribution in [-0.2, 0) is 4.79 Å². The Labute approximate surface area is 76.7 Å². The van der Waals surface area contributed by atoms with E-state index in [9.17, 15) is 9.90 Å². The number of carbonyl (C=O) groups excluding carboxylic acids is 1. The Morgan fingerprint density at radius 3 is 1.50 bits per heavy atom. The van der Waals surface area contributed by atoms with Crippen molar-refractivity contribution in [3.8, 4) is 0 Å². The number of carbonyl (C=O) groups is 1. The summed E-state index contributed by atoms with van der Waals surface area (Å²) in [6.45, 7) is 13.3. The zero-order valence-corrected chi connectivity index (χ0v) is 9.94. The molecule has 0 unspecified atom stereocenters. The van der Waals surface area contributed by atoms with Crippen LogP contribution >= 0.6 is 7.26 Å². The van der Waals surface area contributed by atoms with Crippen LogP contribution in [-0.4, -0.2) is 31.6 Å². The second-order valence-corrected chi connectivity index (χ2v) is 9.20. The van der Waals surface area contributed by atoms with E-state index in [1.165, 1.54) is 6.92 Å². The van der Waals surface area contributed by atoms with Crippen molar-refractivity contribution in [3.63, 3.8) is 0 Å². The van der Waals surface area contributed by atoms with Crippen LogP contribution in [0.3, 0.4) is 0 Å². The Morgan fingerprint density at radius 2 is 1.50 bits per heavy atom. The molecule has 0 aromatic heterocycles. The van der Waals surface area contributed by atoms with E-state index >= 15 is 0 Å². The molecular formula is C9H21O2P. The third kappa shape index (κ3) is 12.6. The molecule has 0 heterocycles. The molecule has 0 radical (unpaired) electrons. The molecule has 0 saturated heterocycles. The van der Waals surface area contributed by atoms with Gasteiger partial charge in [-0.1, -0.05) is 6.92 Å². The first kappa shape index (κ1) is 14.4. The third-order valence-electron chi connectivity index (χ3n) is 1.84. The summed E-state index contributed by atoms with van der Waals surface area (Å²) >= 11 is 0. The topological polar surface area (TPSA) is 40.1 Å². The fourth-order valence-corrected chi connectivity index (χ4v) is 0. The number of aliphatic carboxylic acids is 1. The standard InChI is InChI=1S/C6H16P.C3H6O2/c1-6(2)7(3,4)5;1-2-3(4)5/h6H,1-5H3;2H2,1H3,(H,4,5)/q+1;/p-1. The molecule has 74 valence electrons. The number of hydrogen-bond donors (Lipinski definition) is 0. The highest BCUT2D eigenvalue weighted by atomic mass is 31.2. The van der Waals surface area contributed by atoms with Gasteiger partial charge in [0.05, 0.1) is 5.66 Å². The monoisotopic (exact) mass is 192 g/mol. The summed E-state index contributed by atoms with van der Waals surface area (Å²) in [6, 6.07) is 0. The zero-order chi connectivity index (χ0) is 10.4. The lowest BCUT2D eigenvalue weighted by Crippen LogP contribution is -2.19. The van der Waals surface area contributed by atoms with E-state index in [-0.39, 0.29) is 6.42 Å². The van der Waals surface area contributed by atoms with E-state index in [2.05, 4.69) is 33.8 Å². The molecule has 0 N–H and O–H groups in total. The van der Waals surface area contributed by atoms with E-state index in [1.807, 2.05) is 0 Å². The summed E-state index contributed by atoms with van der Waals surface area (Å²) in [5, 5.41) is 9.26. The molecule has 0 amide bonds. The number of carboxylic acids is 1. The minimum atomic E-state index is -0.995. The van der Waals surface area contributed by atoms with Crippen LogP contribution < -0.4 is 5.11 Å². The second kappa shape index (κ2) is 6.42. The molecule has 12 heavy (non-hydrogen) atoms. The minimum Gasteiger partial charge on any atom is -0.550 e. The molecule has 0 rings (SSSR count). The predicted molar refractivity (Wildman–Crippen MR) is 55.1 cm³/mol. The Bertz CT molecular complexity index is 125. The van der Waals surface area contributed by atoms with Gasteiger partial charge in [-0.3, -0.25) is 0 Å². The maximum atomic E-state index is 9.26. The van der Waals surface area contributed by atoms with Gasteiger partial charge in [-0.05, 0) is 20.3 Å². The molecule has 0 atom stereocenters. The van der Waals surface area contributed by atoms with Crippen LogP contribution in [0.4, 0.5) is 0 Å². The maximum Gasteiger partial charge on any atom is 0.0633 e. The zero-order valence-electron chi connectivity index (χ0n) is 9.05. The number of rotatable bonds is 2. The van der Waals surface area contributed by atoms with Crippen LogP contribution in [0, 0.1) is 0 Å². The van der Waals surface area contributed by atoms with Crippen molar-refractivity contribution >= 4 is 13.2 Å². The van der Waals surface area contributed by atoms with E-state index < -0.39 is 13.2 Å². The molecule has 3 heteroatoms. The van der Waals surface area contributed by atoms with Gasteiger partial charge in [-0.25, -0.2) is 0 Å². The Balaban J connectivity index is 0. The van der Waals surface area contributed by atoms with Gasteiger partial charge in [0.2, 0.25) is 0 Å². The van der Waals surface area contributed by atoms with Crippen LogP contribution in [0.1, 0.15) is 27.2 Å². The van der Waals surface area contributed by atoms with Crippen LogP contribution in [0.5, 0.6) is 0 Å². The van der Waals surface area contributed by atoms with Gasteiger partial charge in [-0.2, -0.15) is 0 Å². The van der Waals surface area contributed by atoms with E-state index in [4.69, 9.17) is 0 Å². The van der Waals surface area contributed by atoms with Crippen molar-refractivity contribution in [1.82, 2.24) is 0 Å². The molecule has 0 bridgehead atoms. The molecule has 0 spiro atoms. The summed E-state index contributed by atoms with van der Waals surface area (Å²) in [5.41, 5.74) is 0.910. The van der Waals surface area contributed by atoms with Crippen molar-refractivity contribution in [2.45, 2.75) is 32.9 Å². The van der Waals surface area contributed by atoms with Gasteiger partial charge in [0.25, 0.3) is 0 Å². The Hall–Kier alpha value is -0.100. The van der Waals surface area contributed by atoms with Crippen molar-refractivity contribution in [2.24, 2.45) is 0 Å². The SMILES string of the molecule is CC(C)[P+](C)(C)C.CCC(=O)[O-]. The summed E-state index contributed by atoms with van der Waals surface area (Å²) in [4.78, 5) is 9.26. The quantitative estimate of drug-likeness (QED) is 0.621. The molecule has 0 fully saturated rings. The minimum absolute atomic E-state index is 0.111. The van der Waals surface area contributed by atoms with Crippen molar-refractivity contribution in [1.29, 1.82) is 0 Å². The van der Waals surface area contributed by atoms with Crippen molar-refractivity contribution in [3.05, 3.63) is 0 Å². The van der Waals surface area contributed by atoms with Gasteiger partial charge in [-0.15, -0.1) is 0 Å². The highest BCUT2D eigenvalue weighted by molar-refractivity contribution is 7.74. The molecule has 0 aromatic rings. The maximum absolute atomic E-state index is 9.26. The van der Waals surface area contributed by atoms with Crippen molar-refractivity contribution < 1.29 is 9.90 Å². The lowest BCUT2D eigenvalue weighted by atomic mass is 10.5. The second-order valence-electron chi connectivity index (χ2n) is 3.94.